The summed E-state index contributed by atoms with van der Waals surface area (Å²) in [5.74, 6) is 0. The Bertz CT molecular complexity index is 514. The normalized spacial score (nSPS) is 14.0. The van der Waals surface area contributed by atoms with Crippen molar-refractivity contribution in [2.45, 2.75) is 92.9 Å². The Hall–Kier alpha value is -1.57. The van der Waals surface area contributed by atoms with Gasteiger partial charge in [0.1, 0.15) is 0 Å². The van der Waals surface area contributed by atoms with Gasteiger partial charge in [-0.15, -0.1) is 0 Å². The van der Waals surface area contributed by atoms with Gasteiger partial charge in [0.25, 0.3) is 0 Å². The molecule has 0 aliphatic rings. The molecule has 0 bridgehead atoms. The quantitative estimate of drug-likeness (QED) is 0.167. The number of rotatable bonds is 12. The van der Waals surface area contributed by atoms with Crippen LogP contribution >= 0.6 is 0 Å². The molecule has 0 unspecified atom stereocenters. The Morgan fingerprint density at radius 3 is 1.32 bits per heavy atom. The lowest BCUT2D eigenvalue weighted by atomic mass is 10.0. The van der Waals surface area contributed by atoms with Crippen molar-refractivity contribution < 1.29 is 5.21 Å². The molecular weight excluding hydrogens is 306 g/mol. The van der Waals surface area contributed by atoms with E-state index in [-0.39, 0.29) is 0 Å². The summed E-state index contributed by atoms with van der Waals surface area (Å²) in [5, 5.41) is 11.8. The molecule has 0 aromatic rings. The van der Waals surface area contributed by atoms with Crippen molar-refractivity contribution in [3.8, 4) is 0 Å². The second-order valence-corrected chi connectivity index (χ2v) is 7.42. The van der Waals surface area contributed by atoms with Gasteiger partial charge in [0.05, 0.1) is 5.71 Å². The molecule has 0 fully saturated rings. The van der Waals surface area contributed by atoms with Crippen molar-refractivity contribution in [2.24, 2.45) is 5.16 Å². The monoisotopic (exact) mass is 345 g/mol. The zero-order valence-electron chi connectivity index (χ0n) is 17.4. The third-order valence-corrected chi connectivity index (χ3v) is 4.32. The molecule has 0 rings (SSSR count). The van der Waals surface area contributed by atoms with Crippen molar-refractivity contribution >= 4 is 5.71 Å². The third kappa shape index (κ3) is 15.7. The first-order valence-corrected chi connectivity index (χ1v) is 9.63. The highest BCUT2D eigenvalue weighted by molar-refractivity contribution is 5.81. The van der Waals surface area contributed by atoms with E-state index in [0.29, 0.717) is 0 Å². The fraction of sp³-hybridized carbons (Fsp3) is 0.609. The Morgan fingerprint density at radius 2 is 0.960 bits per heavy atom. The van der Waals surface area contributed by atoms with Gasteiger partial charge in [-0.2, -0.15) is 0 Å². The molecule has 0 saturated carbocycles. The van der Waals surface area contributed by atoms with Gasteiger partial charge in [0, 0.05) is 0 Å². The molecule has 0 aromatic heterocycles. The smallest absolute Gasteiger partial charge is 0.0543 e. The number of oxime groups is 1. The van der Waals surface area contributed by atoms with E-state index in [0.717, 1.165) is 50.7 Å². The van der Waals surface area contributed by atoms with Crippen LogP contribution in [0, 0.1) is 0 Å². The number of nitrogens with zero attached hydrogens (tertiary/aromatic N) is 1. The SMILES string of the molecule is CC(C)=CCC/C(C)=C/CC/C(C)=C/CC/C(C)=C/CC/C(C)=N/O. The third-order valence-electron chi connectivity index (χ3n) is 4.32. The maximum absolute atomic E-state index is 8.62. The van der Waals surface area contributed by atoms with Gasteiger partial charge in [-0.1, -0.05) is 51.8 Å². The van der Waals surface area contributed by atoms with E-state index in [1.54, 1.807) is 0 Å². The van der Waals surface area contributed by atoms with Crippen LogP contribution in [0.15, 0.2) is 51.8 Å². The Labute approximate surface area is 156 Å². The van der Waals surface area contributed by atoms with Crippen LogP contribution in [0.5, 0.6) is 0 Å². The minimum absolute atomic E-state index is 0.795. The highest BCUT2D eigenvalue weighted by atomic mass is 16.4. The maximum atomic E-state index is 8.62. The lowest BCUT2D eigenvalue weighted by Crippen LogP contribution is -1.89. The van der Waals surface area contributed by atoms with E-state index in [2.05, 4.69) is 64.1 Å². The molecule has 2 heteroatoms. The largest absolute Gasteiger partial charge is 0.411 e. The second-order valence-electron chi connectivity index (χ2n) is 7.42. The molecular formula is C23H39NO. The van der Waals surface area contributed by atoms with Crippen LogP contribution in [0.4, 0.5) is 0 Å². The maximum Gasteiger partial charge on any atom is 0.0543 e. The van der Waals surface area contributed by atoms with Crippen molar-refractivity contribution in [1.82, 2.24) is 0 Å². The first-order chi connectivity index (χ1) is 11.8. The van der Waals surface area contributed by atoms with Crippen molar-refractivity contribution in [2.75, 3.05) is 0 Å². The van der Waals surface area contributed by atoms with Crippen LogP contribution in [-0.4, -0.2) is 10.9 Å². The van der Waals surface area contributed by atoms with Crippen LogP contribution in [0.25, 0.3) is 0 Å². The molecule has 0 aliphatic carbocycles. The standard InChI is InChI=1S/C23H39NO/c1-19(2)11-7-12-20(3)13-8-14-21(4)15-9-16-22(5)17-10-18-23(6)24-25/h11,13,15,17,25H,7-10,12,14,16,18H2,1-6H3/b20-13+,21-15+,22-17+,24-23+. The van der Waals surface area contributed by atoms with Gasteiger partial charge in [-0.05, 0) is 92.9 Å². The van der Waals surface area contributed by atoms with Crippen LogP contribution in [0.3, 0.4) is 0 Å². The lowest BCUT2D eigenvalue weighted by Gasteiger charge is -2.03. The molecule has 25 heavy (non-hydrogen) atoms. The molecule has 0 heterocycles. The number of hydrogen-bond acceptors (Lipinski definition) is 2. The molecule has 0 radical (unpaired) electrons. The van der Waals surface area contributed by atoms with Crippen LogP contribution in [0.1, 0.15) is 92.9 Å². The van der Waals surface area contributed by atoms with Crippen molar-refractivity contribution in [3.05, 3.63) is 46.6 Å². The minimum Gasteiger partial charge on any atom is -0.411 e. The molecule has 0 amide bonds. The molecule has 0 aromatic carbocycles. The predicted molar refractivity (Wildman–Crippen MR) is 113 cm³/mol. The summed E-state index contributed by atoms with van der Waals surface area (Å²) in [4.78, 5) is 0. The average Bonchev–Trinajstić information content (AvgIpc) is 2.54. The fourth-order valence-corrected chi connectivity index (χ4v) is 2.56. The molecule has 0 atom stereocenters. The van der Waals surface area contributed by atoms with E-state index in [9.17, 15) is 0 Å². The van der Waals surface area contributed by atoms with E-state index >= 15 is 0 Å². The fourth-order valence-electron chi connectivity index (χ4n) is 2.56. The summed E-state index contributed by atoms with van der Waals surface area (Å²) >= 11 is 0. The lowest BCUT2D eigenvalue weighted by molar-refractivity contribution is 0.317. The van der Waals surface area contributed by atoms with Gasteiger partial charge in [0.2, 0.25) is 0 Å². The summed E-state index contributed by atoms with van der Waals surface area (Å²) in [6.45, 7) is 12.9. The Morgan fingerprint density at radius 1 is 0.600 bits per heavy atom. The molecule has 0 spiro atoms. The summed E-state index contributed by atoms with van der Waals surface area (Å²) in [5.41, 5.74) is 6.62. The summed E-state index contributed by atoms with van der Waals surface area (Å²) in [6, 6.07) is 0. The highest BCUT2D eigenvalue weighted by Crippen LogP contribution is 2.14. The topological polar surface area (TPSA) is 32.6 Å². The van der Waals surface area contributed by atoms with E-state index < -0.39 is 0 Å². The Balaban J connectivity index is 4.01. The zero-order chi connectivity index (χ0) is 19.1. The molecule has 142 valence electrons. The second kappa shape index (κ2) is 14.7. The van der Waals surface area contributed by atoms with E-state index in [1.807, 2.05) is 6.92 Å². The van der Waals surface area contributed by atoms with Gasteiger partial charge in [0.15, 0.2) is 0 Å². The molecule has 1 N–H and O–H groups in total. The first kappa shape index (κ1) is 23.4. The number of hydrogen-bond donors (Lipinski definition) is 1. The zero-order valence-corrected chi connectivity index (χ0v) is 17.4. The molecule has 2 nitrogen and oxygen atoms in total. The highest BCUT2D eigenvalue weighted by Gasteiger charge is 1.94. The summed E-state index contributed by atoms with van der Waals surface area (Å²) in [7, 11) is 0. The van der Waals surface area contributed by atoms with E-state index in [1.165, 1.54) is 28.7 Å². The minimum atomic E-state index is 0.795. The van der Waals surface area contributed by atoms with Crippen molar-refractivity contribution in [1.29, 1.82) is 0 Å². The Kier molecular flexibility index (Phi) is 13.8. The van der Waals surface area contributed by atoms with Gasteiger partial charge < -0.3 is 5.21 Å². The van der Waals surface area contributed by atoms with E-state index in [4.69, 9.17) is 5.21 Å². The van der Waals surface area contributed by atoms with Crippen LogP contribution < -0.4 is 0 Å². The summed E-state index contributed by atoms with van der Waals surface area (Å²) in [6.07, 6.45) is 18.0. The van der Waals surface area contributed by atoms with Gasteiger partial charge in [-0.3, -0.25) is 0 Å². The van der Waals surface area contributed by atoms with Gasteiger partial charge >= 0.3 is 0 Å². The average molecular weight is 346 g/mol. The molecule has 0 aliphatic heterocycles. The van der Waals surface area contributed by atoms with Gasteiger partial charge in [-0.25, -0.2) is 0 Å². The van der Waals surface area contributed by atoms with Crippen LogP contribution in [-0.2, 0) is 0 Å². The molecule has 0 saturated heterocycles. The summed E-state index contributed by atoms with van der Waals surface area (Å²) < 4.78 is 0. The number of allylic oxidation sites excluding steroid dienone is 8. The van der Waals surface area contributed by atoms with Crippen LogP contribution in [0.2, 0.25) is 0 Å². The van der Waals surface area contributed by atoms with Crippen molar-refractivity contribution in [3.63, 3.8) is 0 Å². The predicted octanol–water partition coefficient (Wildman–Crippen LogP) is 7.76. The first-order valence-electron chi connectivity index (χ1n) is 9.63.